The summed E-state index contributed by atoms with van der Waals surface area (Å²) in [6.07, 6.45) is 0.199. The number of hydrogen-bond acceptors (Lipinski definition) is 3. The highest BCUT2D eigenvalue weighted by Crippen LogP contribution is 2.34. The van der Waals surface area contributed by atoms with Crippen molar-refractivity contribution in [3.63, 3.8) is 0 Å². The van der Waals surface area contributed by atoms with Gasteiger partial charge in [-0.15, -0.1) is 0 Å². The van der Waals surface area contributed by atoms with Gasteiger partial charge in [-0.05, 0) is 79.6 Å². The largest absolute Gasteiger partial charge is 0.494 e. The van der Waals surface area contributed by atoms with Crippen molar-refractivity contribution in [3.05, 3.63) is 77.3 Å². The SMILES string of the molecule is CCOc1ccc(NC(=O)Cc2c(-c3cccc(Cl)c3)[nH]c3ccc(OCC)cc23)cc1. The molecule has 4 rings (SSSR count). The lowest BCUT2D eigenvalue weighted by molar-refractivity contribution is -0.115. The summed E-state index contributed by atoms with van der Waals surface area (Å²) in [6, 6.07) is 20.8. The van der Waals surface area contributed by atoms with E-state index in [0.29, 0.717) is 18.2 Å². The molecule has 2 N–H and O–H groups in total. The number of H-pyrrole nitrogens is 1. The van der Waals surface area contributed by atoms with Crippen LogP contribution in [0, 0.1) is 0 Å². The summed E-state index contributed by atoms with van der Waals surface area (Å²) in [7, 11) is 0. The number of hydrogen-bond donors (Lipinski definition) is 2. The molecule has 0 fully saturated rings. The molecule has 5 nitrogen and oxygen atoms in total. The molecule has 32 heavy (non-hydrogen) atoms. The van der Waals surface area contributed by atoms with Crippen LogP contribution < -0.4 is 14.8 Å². The zero-order chi connectivity index (χ0) is 22.5. The fourth-order valence-electron chi connectivity index (χ4n) is 3.72. The summed E-state index contributed by atoms with van der Waals surface area (Å²) in [6.45, 7) is 5.06. The number of halogens is 1. The van der Waals surface area contributed by atoms with Gasteiger partial charge in [0.15, 0.2) is 0 Å². The molecule has 0 bridgehead atoms. The van der Waals surface area contributed by atoms with Crippen LogP contribution in [0.4, 0.5) is 5.69 Å². The number of carbonyl (C=O) groups is 1. The van der Waals surface area contributed by atoms with E-state index in [2.05, 4.69) is 10.3 Å². The smallest absolute Gasteiger partial charge is 0.228 e. The standard InChI is InChI=1S/C26H25ClN2O3/c1-3-31-20-10-8-19(9-11-20)28-25(30)16-23-22-15-21(32-4-2)12-13-24(22)29-26(23)17-6-5-7-18(27)14-17/h5-15,29H,3-4,16H2,1-2H3,(H,28,30). The second-order valence-electron chi connectivity index (χ2n) is 7.31. The molecule has 0 saturated heterocycles. The molecule has 0 saturated carbocycles. The minimum Gasteiger partial charge on any atom is -0.494 e. The van der Waals surface area contributed by atoms with Crippen LogP contribution in [-0.4, -0.2) is 24.1 Å². The van der Waals surface area contributed by atoms with Gasteiger partial charge in [0.1, 0.15) is 11.5 Å². The average molecular weight is 449 g/mol. The molecule has 164 valence electrons. The van der Waals surface area contributed by atoms with Crippen molar-refractivity contribution in [3.8, 4) is 22.8 Å². The zero-order valence-corrected chi connectivity index (χ0v) is 18.8. The van der Waals surface area contributed by atoms with Crippen LogP contribution in [0.3, 0.4) is 0 Å². The Bertz CT molecular complexity index is 1230. The summed E-state index contributed by atoms with van der Waals surface area (Å²) in [5, 5.41) is 4.57. The van der Waals surface area contributed by atoms with Crippen molar-refractivity contribution in [1.82, 2.24) is 4.98 Å². The molecule has 6 heteroatoms. The third-order valence-electron chi connectivity index (χ3n) is 5.09. The van der Waals surface area contributed by atoms with E-state index in [-0.39, 0.29) is 12.3 Å². The Morgan fingerprint density at radius 2 is 1.66 bits per heavy atom. The zero-order valence-electron chi connectivity index (χ0n) is 18.1. The van der Waals surface area contributed by atoms with Gasteiger partial charge in [0.2, 0.25) is 5.91 Å². The van der Waals surface area contributed by atoms with Crippen LogP contribution in [0.1, 0.15) is 19.4 Å². The van der Waals surface area contributed by atoms with Crippen LogP contribution in [0.5, 0.6) is 11.5 Å². The molecule has 0 spiro atoms. The lowest BCUT2D eigenvalue weighted by Crippen LogP contribution is -2.14. The molecule has 0 aliphatic rings. The van der Waals surface area contributed by atoms with Gasteiger partial charge in [0.05, 0.1) is 25.3 Å². The maximum atomic E-state index is 13.0. The van der Waals surface area contributed by atoms with Gasteiger partial charge in [-0.25, -0.2) is 0 Å². The van der Waals surface area contributed by atoms with Crippen molar-refractivity contribution in [2.75, 3.05) is 18.5 Å². The van der Waals surface area contributed by atoms with E-state index in [4.69, 9.17) is 21.1 Å². The van der Waals surface area contributed by atoms with E-state index in [1.54, 1.807) is 0 Å². The predicted molar refractivity (Wildman–Crippen MR) is 130 cm³/mol. The van der Waals surface area contributed by atoms with E-state index in [1.165, 1.54) is 0 Å². The van der Waals surface area contributed by atoms with Crippen molar-refractivity contribution in [1.29, 1.82) is 0 Å². The first-order valence-corrected chi connectivity index (χ1v) is 11.0. The van der Waals surface area contributed by atoms with Crippen LogP contribution in [-0.2, 0) is 11.2 Å². The lowest BCUT2D eigenvalue weighted by atomic mass is 10.0. The normalized spacial score (nSPS) is 10.8. The number of ether oxygens (including phenoxy) is 2. The fourth-order valence-corrected chi connectivity index (χ4v) is 3.91. The first-order chi connectivity index (χ1) is 15.6. The number of rotatable bonds is 8. The average Bonchev–Trinajstić information content (AvgIpc) is 3.13. The highest BCUT2D eigenvalue weighted by Gasteiger charge is 2.17. The minimum atomic E-state index is -0.111. The highest BCUT2D eigenvalue weighted by molar-refractivity contribution is 6.30. The molecule has 3 aromatic carbocycles. The number of benzene rings is 3. The van der Waals surface area contributed by atoms with Crippen molar-refractivity contribution >= 4 is 34.1 Å². The first-order valence-electron chi connectivity index (χ1n) is 10.6. The van der Waals surface area contributed by atoms with E-state index in [0.717, 1.165) is 44.9 Å². The summed E-state index contributed by atoms with van der Waals surface area (Å²) in [5.41, 5.74) is 4.35. The van der Waals surface area contributed by atoms with E-state index < -0.39 is 0 Å². The molecule has 0 atom stereocenters. The van der Waals surface area contributed by atoms with E-state index >= 15 is 0 Å². The molecule has 4 aromatic rings. The molecular formula is C26H25ClN2O3. The Kier molecular flexibility index (Phi) is 6.66. The van der Waals surface area contributed by atoms with Gasteiger partial charge in [-0.3, -0.25) is 4.79 Å². The topological polar surface area (TPSA) is 63.3 Å². The van der Waals surface area contributed by atoms with Gasteiger partial charge in [0, 0.05) is 21.6 Å². The minimum absolute atomic E-state index is 0.111. The fraction of sp³-hybridized carbons (Fsp3) is 0.192. The maximum Gasteiger partial charge on any atom is 0.228 e. The molecule has 0 unspecified atom stereocenters. The molecule has 1 amide bonds. The van der Waals surface area contributed by atoms with Crippen molar-refractivity contribution < 1.29 is 14.3 Å². The number of amides is 1. The highest BCUT2D eigenvalue weighted by atomic mass is 35.5. The van der Waals surface area contributed by atoms with Crippen LogP contribution in [0.2, 0.25) is 5.02 Å². The van der Waals surface area contributed by atoms with Crippen molar-refractivity contribution in [2.24, 2.45) is 0 Å². The number of nitrogens with one attached hydrogen (secondary N) is 2. The first kappa shape index (κ1) is 21.8. The maximum absolute atomic E-state index is 13.0. The van der Waals surface area contributed by atoms with Gasteiger partial charge in [-0.1, -0.05) is 23.7 Å². The number of fused-ring (bicyclic) bond motifs is 1. The third-order valence-corrected chi connectivity index (χ3v) is 5.32. The molecule has 0 radical (unpaired) electrons. The number of anilines is 1. The summed E-state index contributed by atoms with van der Waals surface area (Å²) in [4.78, 5) is 16.4. The number of carbonyl (C=O) groups excluding carboxylic acids is 1. The van der Waals surface area contributed by atoms with Gasteiger partial charge in [0.25, 0.3) is 0 Å². The van der Waals surface area contributed by atoms with Gasteiger partial charge < -0.3 is 19.8 Å². The second kappa shape index (κ2) is 9.79. The molecule has 1 aromatic heterocycles. The van der Waals surface area contributed by atoms with E-state index in [9.17, 15) is 4.79 Å². The Balaban J connectivity index is 1.67. The number of aromatic nitrogens is 1. The Morgan fingerprint density at radius 3 is 2.38 bits per heavy atom. The molecule has 0 aliphatic heterocycles. The van der Waals surface area contributed by atoms with Crippen LogP contribution in [0.25, 0.3) is 22.2 Å². The Labute approximate surface area is 192 Å². The quantitative estimate of drug-likeness (QED) is 0.325. The summed E-state index contributed by atoms with van der Waals surface area (Å²) in [5.74, 6) is 1.43. The van der Waals surface area contributed by atoms with Gasteiger partial charge in [-0.2, -0.15) is 0 Å². The second-order valence-corrected chi connectivity index (χ2v) is 7.75. The lowest BCUT2D eigenvalue weighted by Gasteiger charge is -2.09. The molecule has 0 aliphatic carbocycles. The molecule has 1 heterocycles. The predicted octanol–water partition coefficient (Wildman–Crippen LogP) is 6.47. The van der Waals surface area contributed by atoms with Crippen molar-refractivity contribution in [2.45, 2.75) is 20.3 Å². The third kappa shape index (κ3) is 4.89. The summed E-state index contributed by atoms with van der Waals surface area (Å²) >= 11 is 6.24. The van der Waals surface area contributed by atoms with Crippen LogP contribution >= 0.6 is 11.6 Å². The van der Waals surface area contributed by atoms with E-state index in [1.807, 2.05) is 80.6 Å². The monoisotopic (exact) mass is 448 g/mol. The molecular weight excluding hydrogens is 424 g/mol. The van der Waals surface area contributed by atoms with Gasteiger partial charge >= 0.3 is 0 Å². The Hall–Kier alpha value is -3.44. The van der Waals surface area contributed by atoms with Crippen LogP contribution in [0.15, 0.2) is 66.7 Å². The Morgan fingerprint density at radius 1 is 0.938 bits per heavy atom. The number of aromatic amines is 1. The summed E-state index contributed by atoms with van der Waals surface area (Å²) < 4.78 is 11.2.